The number of amides is 1. The van der Waals surface area contributed by atoms with Crippen LogP contribution in [0.15, 0.2) is 23.8 Å². The number of Topliss-reactive ketones (excluding diaryl/α,β-unsaturated/α-hetero) is 1. The van der Waals surface area contributed by atoms with Gasteiger partial charge in [0, 0.05) is 43.4 Å². The number of anilines is 1. The van der Waals surface area contributed by atoms with Crippen molar-refractivity contribution in [3.8, 4) is 0 Å². The zero-order valence-corrected chi connectivity index (χ0v) is 15.3. The van der Waals surface area contributed by atoms with Crippen LogP contribution >= 0.6 is 0 Å². The molecule has 4 rings (SSSR count). The summed E-state index contributed by atoms with van der Waals surface area (Å²) in [7, 11) is 0. The second-order valence-corrected chi connectivity index (χ2v) is 7.19. The molecule has 144 valence electrons. The molecule has 0 aromatic carbocycles. The standard InChI is InChI=1S/C19H25N5O3/c1-2-15(25)24-6-3-4-13(9-24)23-19-16-14(8-20-18(16)21-11-22-19)17(26)12-5-7-27-10-12/h2,8,12-13,20-21H,1,3-7,9-11H2,(H,22,23)/t12-,13+/m0/s1. The van der Waals surface area contributed by atoms with Gasteiger partial charge in [-0.05, 0) is 25.3 Å². The first kappa shape index (κ1) is 17.8. The molecular weight excluding hydrogens is 346 g/mol. The summed E-state index contributed by atoms with van der Waals surface area (Å²) in [6, 6.07) is 0.0972. The Hall–Kier alpha value is -2.61. The summed E-state index contributed by atoms with van der Waals surface area (Å²) >= 11 is 0. The summed E-state index contributed by atoms with van der Waals surface area (Å²) in [4.78, 5) is 34.4. The van der Waals surface area contributed by atoms with Crippen molar-refractivity contribution < 1.29 is 14.3 Å². The number of aromatic amines is 1. The maximum Gasteiger partial charge on any atom is 0.246 e. The predicted molar refractivity (Wildman–Crippen MR) is 102 cm³/mol. The minimum atomic E-state index is -0.0940. The first-order valence-electron chi connectivity index (χ1n) is 9.47. The van der Waals surface area contributed by atoms with Gasteiger partial charge in [-0.2, -0.15) is 0 Å². The third kappa shape index (κ3) is 3.49. The molecule has 2 saturated heterocycles. The van der Waals surface area contributed by atoms with Crippen LogP contribution in [0.2, 0.25) is 0 Å². The fraction of sp³-hybridized carbons (Fsp3) is 0.526. The highest BCUT2D eigenvalue weighted by Gasteiger charge is 2.32. The minimum absolute atomic E-state index is 0.0480. The number of ketones is 1. The van der Waals surface area contributed by atoms with Crippen molar-refractivity contribution in [2.24, 2.45) is 10.9 Å². The van der Waals surface area contributed by atoms with Gasteiger partial charge < -0.3 is 25.3 Å². The molecule has 0 radical (unpaired) electrons. The van der Waals surface area contributed by atoms with Crippen molar-refractivity contribution in [3.63, 3.8) is 0 Å². The second-order valence-electron chi connectivity index (χ2n) is 7.19. The van der Waals surface area contributed by atoms with Gasteiger partial charge in [-0.15, -0.1) is 0 Å². The van der Waals surface area contributed by atoms with Crippen LogP contribution in [-0.4, -0.2) is 66.4 Å². The number of carbonyl (C=O) groups excluding carboxylic acids is 2. The van der Waals surface area contributed by atoms with E-state index in [9.17, 15) is 9.59 Å². The van der Waals surface area contributed by atoms with Crippen LogP contribution in [0, 0.1) is 5.92 Å². The maximum absolute atomic E-state index is 12.9. The van der Waals surface area contributed by atoms with Crippen molar-refractivity contribution in [2.75, 3.05) is 38.3 Å². The molecule has 4 heterocycles. The Morgan fingerprint density at radius 1 is 1.41 bits per heavy atom. The molecule has 0 saturated carbocycles. The number of amidine groups is 1. The molecule has 1 aromatic rings. The molecule has 1 aromatic heterocycles. The number of carbonyl (C=O) groups is 2. The first-order valence-corrected chi connectivity index (χ1v) is 9.47. The molecular formula is C19H25N5O3. The van der Waals surface area contributed by atoms with Gasteiger partial charge >= 0.3 is 0 Å². The van der Waals surface area contributed by atoms with E-state index in [1.54, 1.807) is 11.1 Å². The van der Waals surface area contributed by atoms with E-state index in [-0.39, 0.29) is 23.7 Å². The fourth-order valence-corrected chi connectivity index (χ4v) is 3.98. The lowest BCUT2D eigenvalue weighted by Gasteiger charge is -2.34. The third-order valence-electron chi connectivity index (χ3n) is 5.42. The monoisotopic (exact) mass is 371 g/mol. The normalized spacial score (nSPS) is 24.6. The van der Waals surface area contributed by atoms with E-state index < -0.39 is 0 Å². The Morgan fingerprint density at radius 3 is 3.07 bits per heavy atom. The molecule has 2 atom stereocenters. The predicted octanol–water partition coefficient (Wildman–Crippen LogP) is 1.13. The summed E-state index contributed by atoms with van der Waals surface area (Å²) in [6.45, 7) is 6.49. The molecule has 3 N–H and O–H groups in total. The van der Waals surface area contributed by atoms with E-state index in [1.165, 1.54) is 6.08 Å². The van der Waals surface area contributed by atoms with Gasteiger partial charge in [0.2, 0.25) is 5.91 Å². The quantitative estimate of drug-likeness (QED) is 0.544. The number of nitrogens with one attached hydrogen (secondary N) is 3. The number of ether oxygens (including phenoxy) is 1. The Bertz CT molecular complexity index is 778. The van der Waals surface area contributed by atoms with Gasteiger partial charge in [-0.25, -0.2) is 4.99 Å². The number of aromatic nitrogens is 1. The SMILES string of the molecule is C=CC(=O)N1CCC[C@@H](NC2=NCNc3[nH]cc(C(=O)[C@H]4CCOC4)c32)C1. The fourth-order valence-electron chi connectivity index (χ4n) is 3.98. The number of nitrogens with zero attached hydrogens (tertiary/aromatic N) is 2. The highest BCUT2D eigenvalue weighted by Crippen LogP contribution is 2.27. The maximum atomic E-state index is 12.9. The molecule has 3 aliphatic heterocycles. The smallest absolute Gasteiger partial charge is 0.246 e. The summed E-state index contributed by atoms with van der Waals surface area (Å²) in [5.41, 5.74) is 1.44. The molecule has 0 aliphatic carbocycles. The molecule has 1 amide bonds. The van der Waals surface area contributed by atoms with Crippen molar-refractivity contribution in [2.45, 2.75) is 25.3 Å². The van der Waals surface area contributed by atoms with Crippen LogP contribution in [0.3, 0.4) is 0 Å². The van der Waals surface area contributed by atoms with E-state index in [4.69, 9.17) is 4.74 Å². The number of aliphatic imine (C=N–C) groups is 1. The van der Waals surface area contributed by atoms with Crippen LogP contribution in [-0.2, 0) is 9.53 Å². The Morgan fingerprint density at radius 2 is 2.30 bits per heavy atom. The largest absolute Gasteiger partial charge is 0.381 e. The van der Waals surface area contributed by atoms with Gasteiger partial charge in [0.1, 0.15) is 18.3 Å². The Labute approximate surface area is 158 Å². The number of H-pyrrole nitrogens is 1. The van der Waals surface area contributed by atoms with E-state index >= 15 is 0 Å². The van der Waals surface area contributed by atoms with Crippen LogP contribution in [0.1, 0.15) is 35.2 Å². The van der Waals surface area contributed by atoms with E-state index in [0.29, 0.717) is 37.8 Å². The van der Waals surface area contributed by atoms with Gasteiger partial charge in [-0.3, -0.25) is 9.59 Å². The number of hydrogen-bond acceptors (Lipinski definition) is 6. The van der Waals surface area contributed by atoms with Crippen LogP contribution in [0.5, 0.6) is 0 Å². The topological polar surface area (TPSA) is 98.8 Å². The molecule has 27 heavy (non-hydrogen) atoms. The van der Waals surface area contributed by atoms with Crippen molar-refractivity contribution in [1.29, 1.82) is 0 Å². The summed E-state index contributed by atoms with van der Waals surface area (Å²) in [5, 5.41) is 6.66. The highest BCUT2D eigenvalue weighted by atomic mass is 16.5. The zero-order chi connectivity index (χ0) is 18.8. The van der Waals surface area contributed by atoms with Gasteiger partial charge in [0.05, 0.1) is 12.2 Å². The third-order valence-corrected chi connectivity index (χ3v) is 5.42. The lowest BCUT2D eigenvalue weighted by Crippen LogP contribution is -2.50. The average molecular weight is 371 g/mol. The molecule has 0 bridgehead atoms. The van der Waals surface area contributed by atoms with Crippen LogP contribution in [0.4, 0.5) is 5.82 Å². The van der Waals surface area contributed by atoms with Gasteiger partial charge in [0.25, 0.3) is 0 Å². The van der Waals surface area contributed by atoms with Crippen molar-refractivity contribution in [1.82, 2.24) is 15.2 Å². The first-order chi connectivity index (χ1) is 13.2. The lowest BCUT2D eigenvalue weighted by atomic mass is 9.95. The summed E-state index contributed by atoms with van der Waals surface area (Å²) in [5.74, 6) is 1.47. The van der Waals surface area contributed by atoms with E-state index in [1.807, 2.05) is 0 Å². The Balaban J connectivity index is 1.53. The zero-order valence-electron chi connectivity index (χ0n) is 15.3. The molecule has 8 heteroatoms. The summed E-state index contributed by atoms with van der Waals surface area (Å²) < 4.78 is 5.38. The van der Waals surface area contributed by atoms with Crippen LogP contribution in [0.25, 0.3) is 0 Å². The number of likely N-dealkylation sites (tertiary alicyclic amines) is 1. The van der Waals surface area contributed by atoms with Gasteiger partial charge in [-0.1, -0.05) is 6.58 Å². The number of rotatable bonds is 4. The minimum Gasteiger partial charge on any atom is -0.381 e. The summed E-state index contributed by atoms with van der Waals surface area (Å²) in [6.07, 6.45) is 5.75. The molecule has 2 fully saturated rings. The second kappa shape index (κ2) is 7.56. The molecule has 3 aliphatic rings. The molecule has 8 nitrogen and oxygen atoms in total. The molecule has 0 unspecified atom stereocenters. The van der Waals surface area contributed by atoms with E-state index in [2.05, 4.69) is 27.2 Å². The highest BCUT2D eigenvalue weighted by molar-refractivity contribution is 6.14. The van der Waals surface area contributed by atoms with Crippen molar-refractivity contribution >= 4 is 23.3 Å². The average Bonchev–Trinajstić information content (AvgIpc) is 3.37. The number of hydrogen-bond donors (Lipinski definition) is 3. The lowest BCUT2D eigenvalue weighted by molar-refractivity contribution is -0.127. The molecule has 0 spiro atoms. The van der Waals surface area contributed by atoms with E-state index in [0.717, 1.165) is 37.2 Å². The number of fused-ring (bicyclic) bond motifs is 1. The van der Waals surface area contributed by atoms with Gasteiger partial charge in [0.15, 0.2) is 5.78 Å². The number of piperidine rings is 1. The Kier molecular flexibility index (Phi) is 4.98. The van der Waals surface area contributed by atoms with Crippen molar-refractivity contribution in [3.05, 3.63) is 30.0 Å². The van der Waals surface area contributed by atoms with Crippen LogP contribution < -0.4 is 10.6 Å².